The zero-order valence-corrected chi connectivity index (χ0v) is 18.0. The van der Waals surface area contributed by atoms with Crippen LogP contribution in [0.1, 0.15) is 11.3 Å². The van der Waals surface area contributed by atoms with Gasteiger partial charge in [-0.25, -0.2) is 4.98 Å². The number of pyridine rings is 1. The number of methoxy groups -OCH3 is 1. The second-order valence-electron chi connectivity index (χ2n) is 6.26. The first-order chi connectivity index (χ1) is 14.0. The van der Waals surface area contributed by atoms with E-state index in [-0.39, 0.29) is 0 Å². The van der Waals surface area contributed by atoms with Crippen molar-refractivity contribution in [3.63, 3.8) is 0 Å². The fraction of sp³-hybridized carbons (Fsp3) is 0.158. The van der Waals surface area contributed by atoms with Gasteiger partial charge in [0.15, 0.2) is 0 Å². The molecular formula is C19H17BrClN7O. The van der Waals surface area contributed by atoms with Crippen LogP contribution in [0.15, 0.2) is 47.2 Å². The number of hydrogen-bond donors (Lipinski definition) is 2. The molecule has 0 spiro atoms. The molecule has 3 aromatic heterocycles. The molecule has 0 aliphatic heterocycles. The smallest absolute Gasteiger partial charge is 0.256 e. The minimum atomic E-state index is 0.385. The molecule has 10 heteroatoms. The summed E-state index contributed by atoms with van der Waals surface area (Å²) in [7, 11) is 1.59. The van der Waals surface area contributed by atoms with Crippen LogP contribution in [0, 0.1) is 6.92 Å². The van der Waals surface area contributed by atoms with Crippen LogP contribution in [0.3, 0.4) is 0 Å². The Morgan fingerprint density at radius 2 is 2.03 bits per heavy atom. The monoisotopic (exact) mass is 473 g/mol. The van der Waals surface area contributed by atoms with Crippen LogP contribution in [-0.4, -0.2) is 31.7 Å². The predicted molar refractivity (Wildman–Crippen MR) is 116 cm³/mol. The molecule has 4 aromatic rings. The van der Waals surface area contributed by atoms with Crippen molar-refractivity contribution >= 4 is 50.8 Å². The van der Waals surface area contributed by atoms with Gasteiger partial charge in [-0.2, -0.15) is 9.50 Å². The van der Waals surface area contributed by atoms with Gasteiger partial charge in [-0.1, -0.05) is 11.6 Å². The molecule has 0 atom stereocenters. The largest absolute Gasteiger partial charge is 0.495 e. The van der Waals surface area contributed by atoms with Gasteiger partial charge in [-0.05, 0) is 52.7 Å². The molecule has 0 unspecified atom stereocenters. The molecule has 0 aliphatic rings. The van der Waals surface area contributed by atoms with Crippen molar-refractivity contribution in [3.05, 3.63) is 63.5 Å². The zero-order chi connectivity index (χ0) is 20.4. The first kappa shape index (κ1) is 19.4. The molecule has 0 aliphatic carbocycles. The van der Waals surface area contributed by atoms with Crippen molar-refractivity contribution in [2.45, 2.75) is 13.5 Å². The molecule has 8 nitrogen and oxygen atoms in total. The van der Waals surface area contributed by atoms with Gasteiger partial charge in [0.2, 0.25) is 5.95 Å². The molecule has 0 bridgehead atoms. The van der Waals surface area contributed by atoms with E-state index in [0.29, 0.717) is 34.7 Å². The van der Waals surface area contributed by atoms with E-state index in [2.05, 4.69) is 46.6 Å². The van der Waals surface area contributed by atoms with Gasteiger partial charge in [-0.15, -0.1) is 5.10 Å². The van der Waals surface area contributed by atoms with E-state index in [1.54, 1.807) is 36.0 Å². The summed E-state index contributed by atoms with van der Waals surface area (Å²) < 4.78 is 7.94. The fourth-order valence-electron chi connectivity index (χ4n) is 2.81. The van der Waals surface area contributed by atoms with Crippen LogP contribution in [0.2, 0.25) is 5.02 Å². The molecule has 0 radical (unpaired) electrons. The summed E-state index contributed by atoms with van der Waals surface area (Å²) in [6.45, 7) is 2.49. The number of rotatable bonds is 6. The number of halogens is 2. The number of nitrogens with zero attached hydrogens (tertiary/aromatic N) is 5. The number of fused-ring (bicyclic) bond motifs is 1. The Morgan fingerprint density at radius 3 is 2.83 bits per heavy atom. The molecule has 0 saturated carbocycles. The summed E-state index contributed by atoms with van der Waals surface area (Å²) in [6.07, 6.45) is 3.56. The standard InChI is InChI=1S/C19H17BrClN7O/c1-11-5-17(23-9-12-6-13(20)10-22-8-12)28-19(24-11)26-18(27-28)25-15-7-14(21)3-4-16(15)29-2/h3-8,10,23H,9H2,1-2H3,(H,25,27). The number of ether oxygens (including phenoxy) is 1. The van der Waals surface area contributed by atoms with Crippen molar-refractivity contribution in [1.82, 2.24) is 24.6 Å². The number of hydrogen-bond acceptors (Lipinski definition) is 7. The van der Waals surface area contributed by atoms with E-state index in [4.69, 9.17) is 16.3 Å². The van der Waals surface area contributed by atoms with Crippen molar-refractivity contribution < 1.29 is 4.74 Å². The molecule has 4 rings (SSSR count). The van der Waals surface area contributed by atoms with Crippen LogP contribution >= 0.6 is 27.5 Å². The highest BCUT2D eigenvalue weighted by molar-refractivity contribution is 9.10. The number of nitrogens with one attached hydrogen (secondary N) is 2. The average molecular weight is 475 g/mol. The second-order valence-corrected chi connectivity index (χ2v) is 7.62. The van der Waals surface area contributed by atoms with Crippen molar-refractivity contribution in [2.24, 2.45) is 0 Å². The van der Waals surface area contributed by atoms with Crippen LogP contribution in [0.4, 0.5) is 17.5 Å². The summed E-state index contributed by atoms with van der Waals surface area (Å²) in [5.41, 5.74) is 2.53. The van der Waals surface area contributed by atoms with E-state index in [1.807, 2.05) is 25.3 Å². The zero-order valence-electron chi connectivity index (χ0n) is 15.6. The normalized spacial score (nSPS) is 10.9. The van der Waals surface area contributed by atoms with E-state index < -0.39 is 0 Å². The maximum atomic E-state index is 6.10. The van der Waals surface area contributed by atoms with Crippen LogP contribution in [-0.2, 0) is 6.54 Å². The molecule has 29 heavy (non-hydrogen) atoms. The Morgan fingerprint density at radius 1 is 1.17 bits per heavy atom. The third-order valence-corrected chi connectivity index (χ3v) is 4.75. The Kier molecular flexibility index (Phi) is 5.50. The minimum Gasteiger partial charge on any atom is -0.495 e. The van der Waals surface area contributed by atoms with Crippen molar-refractivity contribution in [3.8, 4) is 5.75 Å². The Balaban J connectivity index is 1.63. The molecule has 148 valence electrons. The average Bonchev–Trinajstić information content (AvgIpc) is 3.08. The minimum absolute atomic E-state index is 0.385. The van der Waals surface area contributed by atoms with Gasteiger partial charge in [0, 0.05) is 40.2 Å². The summed E-state index contributed by atoms with van der Waals surface area (Å²) in [4.78, 5) is 13.1. The fourth-order valence-corrected chi connectivity index (χ4v) is 3.39. The van der Waals surface area contributed by atoms with Crippen LogP contribution < -0.4 is 15.4 Å². The molecule has 0 fully saturated rings. The van der Waals surface area contributed by atoms with Crippen LogP contribution in [0.5, 0.6) is 5.75 Å². The van der Waals surface area contributed by atoms with Gasteiger partial charge in [0.25, 0.3) is 5.78 Å². The summed E-state index contributed by atoms with van der Waals surface area (Å²) in [5.74, 6) is 2.27. The lowest BCUT2D eigenvalue weighted by Gasteiger charge is -2.09. The number of aryl methyl sites for hydroxylation is 1. The van der Waals surface area contributed by atoms with Crippen LogP contribution in [0.25, 0.3) is 5.78 Å². The topological polar surface area (TPSA) is 89.3 Å². The molecule has 0 amide bonds. The van der Waals surface area contributed by atoms with Gasteiger partial charge < -0.3 is 15.4 Å². The highest BCUT2D eigenvalue weighted by Crippen LogP contribution is 2.29. The lowest BCUT2D eigenvalue weighted by atomic mass is 10.3. The third-order valence-electron chi connectivity index (χ3n) is 4.08. The maximum Gasteiger partial charge on any atom is 0.256 e. The maximum absolute atomic E-state index is 6.10. The summed E-state index contributed by atoms with van der Waals surface area (Å²) in [6, 6.07) is 9.21. The van der Waals surface area contributed by atoms with E-state index in [9.17, 15) is 0 Å². The lowest BCUT2D eigenvalue weighted by Crippen LogP contribution is -2.07. The Hall–Kier alpha value is -2.91. The number of benzene rings is 1. The molecule has 1 aromatic carbocycles. The van der Waals surface area contributed by atoms with Crippen molar-refractivity contribution in [1.29, 1.82) is 0 Å². The SMILES string of the molecule is COc1ccc(Cl)cc1Nc1nc2nc(C)cc(NCc3cncc(Br)c3)n2n1. The number of anilines is 3. The second kappa shape index (κ2) is 8.22. The lowest BCUT2D eigenvalue weighted by molar-refractivity contribution is 0.417. The Labute approximate surface area is 180 Å². The van der Waals surface area contributed by atoms with Crippen molar-refractivity contribution in [2.75, 3.05) is 17.7 Å². The highest BCUT2D eigenvalue weighted by atomic mass is 79.9. The van der Waals surface area contributed by atoms with Gasteiger partial charge >= 0.3 is 0 Å². The van der Waals surface area contributed by atoms with E-state index in [1.165, 1.54) is 0 Å². The molecular weight excluding hydrogens is 458 g/mol. The predicted octanol–water partition coefficient (Wildman–Crippen LogP) is 4.61. The molecule has 3 heterocycles. The first-order valence-electron chi connectivity index (χ1n) is 8.70. The quantitative estimate of drug-likeness (QED) is 0.422. The molecule has 2 N–H and O–H groups in total. The van der Waals surface area contributed by atoms with Gasteiger partial charge in [0.1, 0.15) is 11.6 Å². The Bertz CT molecular complexity index is 1180. The first-order valence-corrected chi connectivity index (χ1v) is 9.87. The third kappa shape index (κ3) is 4.41. The molecule has 0 saturated heterocycles. The number of aromatic nitrogens is 5. The van der Waals surface area contributed by atoms with Gasteiger partial charge in [0.05, 0.1) is 12.8 Å². The van der Waals surface area contributed by atoms with E-state index >= 15 is 0 Å². The van der Waals surface area contributed by atoms with Gasteiger partial charge in [-0.3, -0.25) is 4.98 Å². The highest BCUT2D eigenvalue weighted by Gasteiger charge is 2.12. The van der Waals surface area contributed by atoms with E-state index in [0.717, 1.165) is 21.5 Å². The summed E-state index contributed by atoms with van der Waals surface area (Å²) >= 11 is 9.54. The summed E-state index contributed by atoms with van der Waals surface area (Å²) in [5, 5.41) is 11.6.